The number of aromatic nitrogens is 1. The van der Waals surface area contributed by atoms with E-state index >= 15 is 0 Å². The Labute approximate surface area is 137 Å². The predicted octanol–water partition coefficient (Wildman–Crippen LogP) is 4.44. The number of hydrogen-bond acceptors (Lipinski definition) is 3. The Morgan fingerprint density at radius 1 is 1.22 bits per heavy atom. The summed E-state index contributed by atoms with van der Waals surface area (Å²) >= 11 is 1.33. The van der Waals surface area contributed by atoms with Crippen LogP contribution in [0.4, 0.5) is 9.52 Å². The van der Waals surface area contributed by atoms with E-state index in [0.717, 1.165) is 11.1 Å². The number of thiazole rings is 1. The van der Waals surface area contributed by atoms with Gasteiger partial charge < -0.3 is 5.32 Å². The highest BCUT2D eigenvalue weighted by Crippen LogP contribution is 2.25. The molecular formula is C18H15FN2OS. The van der Waals surface area contributed by atoms with Crippen LogP contribution in [-0.2, 0) is 11.2 Å². The Balaban J connectivity index is 1.68. The summed E-state index contributed by atoms with van der Waals surface area (Å²) in [5, 5.41) is 5.11. The minimum absolute atomic E-state index is 0.115. The van der Waals surface area contributed by atoms with Crippen LogP contribution in [0.25, 0.3) is 11.3 Å². The summed E-state index contributed by atoms with van der Waals surface area (Å²) in [6, 6.07) is 14.1. The van der Waals surface area contributed by atoms with Gasteiger partial charge in [0.15, 0.2) is 5.13 Å². The standard InChI is InChI=1S/C18H15FN2OS/c1-12-4-2-5-13(8-12)9-17(22)21-18-20-16(11-23-18)14-6-3-7-15(19)10-14/h2-8,10-11H,9H2,1H3,(H,20,21,22). The van der Waals surface area contributed by atoms with E-state index in [1.165, 1.54) is 23.5 Å². The largest absolute Gasteiger partial charge is 0.302 e. The Bertz CT molecular complexity index is 844. The first-order chi connectivity index (χ1) is 11.1. The molecule has 1 aromatic heterocycles. The average Bonchev–Trinajstić information content (AvgIpc) is 2.95. The van der Waals surface area contributed by atoms with Gasteiger partial charge in [0, 0.05) is 10.9 Å². The number of nitrogens with zero attached hydrogens (tertiary/aromatic N) is 1. The lowest BCUT2D eigenvalue weighted by Gasteiger charge is -2.03. The smallest absolute Gasteiger partial charge is 0.230 e. The zero-order valence-corrected chi connectivity index (χ0v) is 13.4. The van der Waals surface area contributed by atoms with Gasteiger partial charge >= 0.3 is 0 Å². The number of anilines is 1. The number of carbonyl (C=O) groups excluding carboxylic acids is 1. The molecule has 0 bridgehead atoms. The molecule has 0 spiro atoms. The SMILES string of the molecule is Cc1cccc(CC(=O)Nc2nc(-c3cccc(F)c3)cs2)c1. The second kappa shape index (κ2) is 6.71. The maximum absolute atomic E-state index is 13.3. The van der Waals surface area contributed by atoms with Crippen molar-refractivity contribution in [1.82, 2.24) is 4.98 Å². The van der Waals surface area contributed by atoms with Crippen molar-refractivity contribution in [3.8, 4) is 11.3 Å². The summed E-state index contributed by atoms with van der Waals surface area (Å²) in [5.41, 5.74) is 3.43. The van der Waals surface area contributed by atoms with E-state index in [1.54, 1.807) is 17.5 Å². The van der Waals surface area contributed by atoms with Gasteiger partial charge in [-0.2, -0.15) is 0 Å². The molecule has 23 heavy (non-hydrogen) atoms. The summed E-state index contributed by atoms with van der Waals surface area (Å²) in [5.74, 6) is -0.420. The van der Waals surface area contributed by atoms with Crippen molar-refractivity contribution in [1.29, 1.82) is 0 Å². The van der Waals surface area contributed by atoms with Crippen LogP contribution >= 0.6 is 11.3 Å². The monoisotopic (exact) mass is 326 g/mol. The average molecular weight is 326 g/mol. The fourth-order valence-corrected chi connectivity index (χ4v) is 3.02. The fraction of sp³-hybridized carbons (Fsp3) is 0.111. The lowest BCUT2D eigenvalue weighted by Crippen LogP contribution is -2.14. The molecule has 0 fully saturated rings. The van der Waals surface area contributed by atoms with Gasteiger partial charge in [0.25, 0.3) is 0 Å². The quantitative estimate of drug-likeness (QED) is 0.770. The molecule has 1 amide bonds. The lowest BCUT2D eigenvalue weighted by atomic mass is 10.1. The summed E-state index contributed by atoms with van der Waals surface area (Å²) in [6.45, 7) is 1.99. The van der Waals surface area contributed by atoms with E-state index < -0.39 is 0 Å². The number of rotatable bonds is 4. The molecule has 3 aromatic rings. The Hall–Kier alpha value is -2.53. The van der Waals surface area contributed by atoms with Crippen LogP contribution in [-0.4, -0.2) is 10.9 Å². The number of halogens is 1. The number of carbonyl (C=O) groups is 1. The van der Waals surface area contributed by atoms with Crippen molar-refractivity contribution < 1.29 is 9.18 Å². The van der Waals surface area contributed by atoms with Crippen LogP contribution in [0.5, 0.6) is 0 Å². The summed E-state index contributed by atoms with van der Waals surface area (Å²) in [7, 11) is 0. The first kappa shape index (κ1) is 15.4. The molecule has 0 radical (unpaired) electrons. The topological polar surface area (TPSA) is 42.0 Å². The van der Waals surface area contributed by atoms with Crippen molar-refractivity contribution in [2.45, 2.75) is 13.3 Å². The minimum Gasteiger partial charge on any atom is -0.302 e. The molecule has 1 heterocycles. The summed E-state index contributed by atoms with van der Waals surface area (Å²) < 4.78 is 13.3. The number of aryl methyl sites for hydroxylation is 1. The van der Waals surface area contributed by atoms with Crippen LogP contribution in [0.3, 0.4) is 0 Å². The van der Waals surface area contributed by atoms with Gasteiger partial charge in [-0.15, -0.1) is 11.3 Å². The Kier molecular flexibility index (Phi) is 4.48. The van der Waals surface area contributed by atoms with Crippen LogP contribution < -0.4 is 5.32 Å². The summed E-state index contributed by atoms with van der Waals surface area (Å²) in [4.78, 5) is 16.4. The molecule has 0 aliphatic heterocycles. The van der Waals surface area contributed by atoms with Crippen molar-refractivity contribution in [3.05, 3.63) is 70.9 Å². The Morgan fingerprint density at radius 2 is 2.04 bits per heavy atom. The van der Waals surface area contributed by atoms with E-state index in [2.05, 4.69) is 10.3 Å². The first-order valence-corrected chi connectivity index (χ1v) is 8.05. The van der Waals surface area contributed by atoms with Crippen LogP contribution in [0.2, 0.25) is 0 Å². The molecule has 0 aliphatic carbocycles. The number of amides is 1. The molecule has 0 saturated heterocycles. The molecule has 0 aliphatic rings. The number of nitrogens with one attached hydrogen (secondary N) is 1. The van der Waals surface area contributed by atoms with E-state index in [-0.39, 0.29) is 11.7 Å². The lowest BCUT2D eigenvalue weighted by molar-refractivity contribution is -0.115. The summed E-state index contributed by atoms with van der Waals surface area (Å²) in [6.07, 6.45) is 0.302. The van der Waals surface area contributed by atoms with E-state index in [4.69, 9.17) is 0 Å². The third-order valence-electron chi connectivity index (χ3n) is 3.32. The highest BCUT2D eigenvalue weighted by molar-refractivity contribution is 7.14. The molecule has 0 atom stereocenters. The van der Waals surface area contributed by atoms with Gasteiger partial charge in [0.1, 0.15) is 5.82 Å². The van der Waals surface area contributed by atoms with Crippen LogP contribution in [0.1, 0.15) is 11.1 Å². The van der Waals surface area contributed by atoms with Gasteiger partial charge in [0.05, 0.1) is 12.1 Å². The second-order valence-electron chi connectivity index (χ2n) is 5.26. The molecule has 5 heteroatoms. The second-order valence-corrected chi connectivity index (χ2v) is 6.12. The van der Waals surface area contributed by atoms with Crippen molar-refractivity contribution >= 4 is 22.4 Å². The molecule has 3 rings (SSSR count). The molecule has 3 nitrogen and oxygen atoms in total. The third kappa shape index (κ3) is 4.02. The van der Waals surface area contributed by atoms with Gasteiger partial charge in [-0.25, -0.2) is 9.37 Å². The zero-order valence-electron chi connectivity index (χ0n) is 12.5. The van der Waals surface area contributed by atoms with Crippen LogP contribution in [0.15, 0.2) is 53.9 Å². The molecule has 0 saturated carbocycles. The van der Waals surface area contributed by atoms with E-state index in [9.17, 15) is 9.18 Å². The number of hydrogen-bond donors (Lipinski definition) is 1. The third-order valence-corrected chi connectivity index (χ3v) is 4.08. The molecular weight excluding hydrogens is 311 g/mol. The zero-order chi connectivity index (χ0) is 16.2. The van der Waals surface area contributed by atoms with E-state index in [1.807, 2.05) is 31.2 Å². The normalized spacial score (nSPS) is 10.5. The highest BCUT2D eigenvalue weighted by atomic mass is 32.1. The van der Waals surface area contributed by atoms with E-state index in [0.29, 0.717) is 22.8 Å². The van der Waals surface area contributed by atoms with Crippen LogP contribution in [0, 0.1) is 12.7 Å². The molecule has 2 aromatic carbocycles. The van der Waals surface area contributed by atoms with Gasteiger partial charge in [-0.05, 0) is 24.6 Å². The van der Waals surface area contributed by atoms with Crippen molar-refractivity contribution in [2.75, 3.05) is 5.32 Å². The molecule has 0 unspecified atom stereocenters. The van der Waals surface area contributed by atoms with Gasteiger partial charge in [0.2, 0.25) is 5.91 Å². The first-order valence-electron chi connectivity index (χ1n) is 7.17. The maximum atomic E-state index is 13.3. The minimum atomic E-state index is -0.305. The van der Waals surface area contributed by atoms with Crippen molar-refractivity contribution in [3.63, 3.8) is 0 Å². The highest BCUT2D eigenvalue weighted by Gasteiger charge is 2.09. The molecule has 1 N–H and O–H groups in total. The Morgan fingerprint density at radius 3 is 2.83 bits per heavy atom. The van der Waals surface area contributed by atoms with Gasteiger partial charge in [-0.1, -0.05) is 42.0 Å². The van der Waals surface area contributed by atoms with Gasteiger partial charge in [-0.3, -0.25) is 4.79 Å². The predicted molar refractivity (Wildman–Crippen MR) is 91.0 cm³/mol. The maximum Gasteiger partial charge on any atom is 0.230 e. The van der Waals surface area contributed by atoms with Crippen molar-refractivity contribution in [2.24, 2.45) is 0 Å². The fourth-order valence-electron chi connectivity index (χ4n) is 2.28. The number of benzene rings is 2. The molecule has 116 valence electrons.